The highest BCUT2D eigenvalue weighted by molar-refractivity contribution is 7.99. The number of thioether (sulfide) groups is 1. The predicted octanol–water partition coefficient (Wildman–Crippen LogP) is 1.73. The third kappa shape index (κ3) is 5.29. The lowest BCUT2D eigenvalue weighted by Crippen LogP contribution is -2.42. The van der Waals surface area contributed by atoms with Crippen LogP contribution in [0.1, 0.15) is 18.1 Å². The number of hydrogen-bond donors (Lipinski definition) is 1. The molecule has 0 saturated carbocycles. The van der Waals surface area contributed by atoms with Gasteiger partial charge in [0.25, 0.3) is 5.91 Å². The lowest BCUT2D eigenvalue weighted by atomic mass is 10.1. The second kappa shape index (κ2) is 9.50. The van der Waals surface area contributed by atoms with Crippen molar-refractivity contribution in [3.63, 3.8) is 0 Å². The molecule has 1 N–H and O–H groups in total. The molecule has 1 atom stereocenters. The largest absolute Gasteiger partial charge is 0.493 e. The minimum absolute atomic E-state index is 0.0948. The van der Waals surface area contributed by atoms with Gasteiger partial charge in [0.05, 0.1) is 20.0 Å². The Hall–Kier alpha value is -2.42. The zero-order valence-corrected chi connectivity index (χ0v) is 16.7. The molecule has 0 unspecified atom stereocenters. The van der Waals surface area contributed by atoms with Crippen LogP contribution in [0.2, 0.25) is 0 Å². The summed E-state index contributed by atoms with van der Waals surface area (Å²) in [6, 6.07) is 3.31. The van der Waals surface area contributed by atoms with E-state index in [2.05, 4.69) is 5.32 Å². The van der Waals surface area contributed by atoms with Crippen LogP contribution >= 0.6 is 11.8 Å². The van der Waals surface area contributed by atoms with Gasteiger partial charge in [0.15, 0.2) is 17.6 Å². The number of imide groups is 1. The SMILES string of the molecule is COc1cc(C)c(CSCC(=O)O[C@H](C)C(=O)N2CCNC2=O)cc1OC. The molecule has 8 nitrogen and oxygen atoms in total. The Morgan fingerprint density at radius 2 is 1.93 bits per heavy atom. The normalized spacial score (nSPS) is 14.5. The molecule has 1 aromatic rings. The number of esters is 1. The van der Waals surface area contributed by atoms with E-state index in [1.807, 2.05) is 19.1 Å². The number of carbonyl (C=O) groups excluding carboxylic acids is 3. The van der Waals surface area contributed by atoms with Crippen molar-refractivity contribution in [2.75, 3.05) is 33.1 Å². The van der Waals surface area contributed by atoms with Crippen molar-refractivity contribution in [1.29, 1.82) is 0 Å². The highest BCUT2D eigenvalue weighted by Crippen LogP contribution is 2.31. The standard InChI is InChI=1S/C18H24N2O6S/c1-11-7-14(24-3)15(25-4)8-13(11)9-27-10-16(21)26-12(2)17(22)20-6-5-19-18(20)23/h7-8,12H,5-6,9-10H2,1-4H3,(H,19,23)/t12-/m1/s1. The molecular weight excluding hydrogens is 372 g/mol. The minimum Gasteiger partial charge on any atom is -0.493 e. The number of nitrogens with zero attached hydrogens (tertiary/aromatic N) is 1. The number of urea groups is 1. The molecule has 0 bridgehead atoms. The zero-order valence-electron chi connectivity index (χ0n) is 15.9. The van der Waals surface area contributed by atoms with Gasteiger partial charge in [-0.15, -0.1) is 11.8 Å². The minimum atomic E-state index is -0.996. The fourth-order valence-electron chi connectivity index (χ4n) is 2.61. The molecule has 1 aromatic carbocycles. The first-order valence-corrected chi connectivity index (χ1v) is 9.60. The van der Waals surface area contributed by atoms with E-state index < -0.39 is 24.0 Å². The number of ether oxygens (including phenoxy) is 3. The number of amides is 3. The number of benzene rings is 1. The second-order valence-corrected chi connectivity index (χ2v) is 6.97. The Morgan fingerprint density at radius 3 is 2.52 bits per heavy atom. The summed E-state index contributed by atoms with van der Waals surface area (Å²) in [6.45, 7) is 4.12. The Morgan fingerprint density at radius 1 is 1.26 bits per heavy atom. The molecule has 1 heterocycles. The monoisotopic (exact) mass is 396 g/mol. The first-order valence-electron chi connectivity index (χ1n) is 8.45. The van der Waals surface area contributed by atoms with Crippen molar-refractivity contribution in [2.24, 2.45) is 0 Å². The second-order valence-electron chi connectivity index (χ2n) is 5.98. The van der Waals surface area contributed by atoms with Gasteiger partial charge in [0.1, 0.15) is 0 Å². The van der Waals surface area contributed by atoms with Gasteiger partial charge in [-0.3, -0.25) is 14.5 Å². The summed E-state index contributed by atoms with van der Waals surface area (Å²) in [4.78, 5) is 36.7. The Bertz CT molecular complexity index is 724. The summed E-state index contributed by atoms with van der Waals surface area (Å²) in [5.74, 6) is 0.943. The maximum absolute atomic E-state index is 12.1. The number of aryl methyl sites for hydroxylation is 1. The number of rotatable bonds is 8. The van der Waals surface area contributed by atoms with Gasteiger partial charge in [-0.05, 0) is 37.1 Å². The number of carbonyl (C=O) groups is 3. The van der Waals surface area contributed by atoms with Crippen LogP contribution in [-0.4, -0.2) is 62.0 Å². The summed E-state index contributed by atoms with van der Waals surface area (Å²) >= 11 is 1.37. The van der Waals surface area contributed by atoms with Crippen LogP contribution in [0.3, 0.4) is 0 Å². The molecule has 1 saturated heterocycles. The van der Waals surface area contributed by atoms with E-state index in [-0.39, 0.29) is 12.3 Å². The summed E-state index contributed by atoms with van der Waals surface area (Å²) < 4.78 is 15.7. The van der Waals surface area contributed by atoms with Gasteiger partial charge < -0.3 is 19.5 Å². The molecule has 0 aliphatic carbocycles. The third-order valence-electron chi connectivity index (χ3n) is 4.10. The molecule has 3 amide bonds. The first kappa shape index (κ1) is 20.9. The maximum atomic E-state index is 12.1. The summed E-state index contributed by atoms with van der Waals surface area (Å²) in [7, 11) is 3.15. The average molecular weight is 396 g/mol. The molecule has 2 rings (SSSR count). The fourth-order valence-corrected chi connectivity index (χ4v) is 3.47. The molecule has 1 fully saturated rings. The van der Waals surface area contributed by atoms with Crippen LogP contribution in [0.4, 0.5) is 4.79 Å². The number of nitrogens with one attached hydrogen (secondary N) is 1. The van der Waals surface area contributed by atoms with Gasteiger partial charge in [-0.25, -0.2) is 4.79 Å². The van der Waals surface area contributed by atoms with Crippen molar-refractivity contribution in [3.05, 3.63) is 23.3 Å². The van der Waals surface area contributed by atoms with Gasteiger partial charge >= 0.3 is 12.0 Å². The van der Waals surface area contributed by atoms with Gasteiger partial charge in [-0.2, -0.15) is 0 Å². The van der Waals surface area contributed by atoms with Crippen LogP contribution in [0.5, 0.6) is 11.5 Å². The molecule has 0 spiro atoms. The van der Waals surface area contributed by atoms with Crippen LogP contribution in [0, 0.1) is 6.92 Å². The topological polar surface area (TPSA) is 94.2 Å². The van der Waals surface area contributed by atoms with Crippen molar-refractivity contribution in [1.82, 2.24) is 10.2 Å². The van der Waals surface area contributed by atoms with Crippen LogP contribution in [-0.2, 0) is 20.1 Å². The highest BCUT2D eigenvalue weighted by atomic mass is 32.2. The molecular formula is C18H24N2O6S. The van der Waals surface area contributed by atoms with E-state index >= 15 is 0 Å². The highest BCUT2D eigenvalue weighted by Gasteiger charge is 2.31. The molecule has 0 radical (unpaired) electrons. The lowest BCUT2D eigenvalue weighted by molar-refractivity contribution is -0.155. The van der Waals surface area contributed by atoms with E-state index in [1.54, 1.807) is 14.2 Å². The van der Waals surface area contributed by atoms with Crippen molar-refractivity contribution in [2.45, 2.75) is 25.7 Å². The smallest absolute Gasteiger partial charge is 0.324 e. The summed E-state index contributed by atoms with van der Waals surface area (Å²) in [5, 5.41) is 2.54. The molecule has 0 aromatic heterocycles. The van der Waals surface area contributed by atoms with Gasteiger partial charge in [0.2, 0.25) is 0 Å². The fraction of sp³-hybridized carbons (Fsp3) is 0.500. The van der Waals surface area contributed by atoms with Crippen LogP contribution in [0.15, 0.2) is 12.1 Å². The van der Waals surface area contributed by atoms with Crippen molar-refractivity contribution < 1.29 is 28.6 Å². The third-order valence-corrected chi connectivity index (χ3v) is 5.05. The molecule has 1 aliphatic rings. The Balaban J connectivity index is 1.84. The average Bonchev–Trinajstić information content (AvgIpc) is 3.07. The molecule has 1 aliphatic heterocycles. The van der Waals surface area contributed by atoms with E-state index in [1.165, 1.54) is 18.7 Å². The van der Waals surface area contributed by atoms with Gasteiger partial charge in [0, 0.05) is 18.8 Å². The van der Waals surface area contributed by atoms with E-state index in [0.29, 0.717) is 23.8 Å². The zero-order chi connectivity index (χ0) is 20.0. The van der Waals surface area contributed by atoms with Crippen LogP contribution < -0.4 is 14.8 Å². The van der Waals surface area contributed by atoms with E-state index in [9.17, 15) is 14.4 Å². The van der Waals surface area contributed by atoms with Gasteiger partial charge in [-0.1, -0.05) is 0 Å². The summed E-state index contributed by atoms with van der Waals surface area (Å²) in [6.07, 6.45) is -0.996. The maximum Gasteiger partial charge on any atom is 0.324 e. The summed E-state index contributed by atoms with van der Waals surface area (Å²) in [5.41, 5.74) is 2.04. The van der Waals surface area contributed by atoms with Crippen molar-refractivity contribution >= 4 is 29.7 Å². The first-order chi connectivity index (χ1) is 12.9. The molecule has 148 valence electrons. The van der Waals surface area contributed by atoms with E-state index in [4.69, 9.17) is 14.2 Å². The van der Waals surface area contributed by atoms with Crippen molar-refractivity contribution in [3.8, 4) is 11.5 Å². The lowest BCUT2D eigenvalue weighted by Gasteiger charge is -2.18. The van der Waals surface area contributed by atoms with Crippen LogP contribution in [0.25, 0.3) is 0 Å². The number of hydrogen-bond acceptors (Lipinski definition) is 7. The number of methoxy groups -OCH3 is 2. The Labute approximate surface area is 162 Å². The quantitative estimate of drug-likeness (QED) is 0.669. The molecule has 27 heavy (non-hydrogen) atoms. The Kier molecular flexibility index (Phi) is 7.35. The van der Waals surface area contributed by atoms with E-state index in [0.717, 1.165) is 16.0 Å². The molecule has 9 heteroatoms. The predicted molar refractivity (Wildman–Crippen MR) is 101 cm³/mol.